The van der Waals surface area contributed by atoms with E-state index in [4.69, 9.17) is 4.74 Å². The molecule has 0 spiro atoms. The number of hydrogen-bond donors (Lipinski definition) is 1. The molecule has 0 fully saturated rings. The Kier molecular flexibility index (Phi) is 4.13. The summed E-state index contributed by atoms with van der Waals surface area (Å²) in [6, 6.07) is 5.82. The van der Waals surface area contributed by atoms with Crippen LogP contribution in [0.4, 0.5) is 10.5 Å². The van der Waals surface area contributed by atoms with Crippen LogP contribution >= 0.6 is 0 Å². The van der Waals surface area contributed by atoms with Gasteiger partial charge in [0.25, 0.3) is 0 Å². The monoisotopic (exact) mass is 299 g/mol. The van der Waals surface area contributed by atoms with Crippen LogP contribution in [0.25, 0.3) is 0 Å². The summed E-state index contributed by atoms with van der Waals surface area (Å²) in [6.45, 7) is 0.735. The Bertz CT molecular complexity index is 637. The summed E-state index contributed by atoms with van der Waals surface area (Å²) in [5, 5.41) is 2.64. The van der Waals surface area contributed by atoms with Gasteiger partial charge in [0.2, 0.25) is 0 Å². The summed E-state index contributed by atoms with van der Waals surface area (Å²) in [6.07, 6.45) is 6.97. The van der Waals surface area contributed by atoms with Crippen LogP contribution in [0.5, 0.6) is 5.75 Å². The van der Waals surface area contributed by atoms with Gasteiger partial charge in [0.1, 0.15) is 5.75 Å². The van der Waals surface area contributed by atoms with Gasteiger partial charge in [-0.2, -0.15) is 0 Å². The molecule has 2 amide bonds. The number of hydrogen-bond acceptors (Lipinski definition) is 3. The molecule has 2 aliphatic rings. The summed E-state index contributed by atoms with van der Waals surface area (Å²) in [5.74, 6) is 1.32. The van der Waals surface area contributed by atoms with Gasteiger partial charge in [0.05, 0.1) is 6.61 Å². The highest BCUT2D eigenvalue weighted by atomic mass is 16.5. The first-order chi connectivity index (χ1) is 10.7. The van der Waals surface area contributed by atoms with Gasteiger partial charge in [0, 0.05) is 38.1 Å². The van der Waals surface area contributed by atoms with Gasteiger partial charge in [-0.15, -0.1) is 0 Å². The minimum absolute atomic E-state index is 0.128. The summed E-state index contributed by atoms with van der Waals surface area (Å²) < 4.78 is 5.76. The number of aliphatic imine (C=N–C) groups is 1. The fraction of sp³-hybridized carbons (Fsp3) is 0.412. The molecule has 1 atom stereocenters. The van der Waals surface area contributed by atoms with Gasteiger partial charge in [-0.05, 0) is 42.5 Å². The molecule has 0 bridgehead atoms. The number of benzene rings is 1. The Morgan fingerprint density at radius 2 is 2.36 bits per heavy atom. The molecule has 1 unspecified atom stereocenters. The van der Waals surface area contributed by atoms with Crippen LogP contribution in [0, 0.1) is 0 Å². The molecule has 2 aliphatic heterocycles. The maximum absolute atomic E-state index is 11.8. The lowest BCUT2D eigenvalue weighted by Crippen LogP contribution is -2.34. The Hall–Kier alpha value is -2.30. The van der Waals surface area contributed by atoms with E-state index in [0.717, 1.165) is 43.0 Å². The van der Waals surface area contributed by atoms with E-state index in [0.29, 0.717) is 5.92 Å². The van der Waals surface area contributed by atoms with Crippen molar-refractivity contribution in [2.75, 3.05) is 25.6 Å². The standard InChI is InChI=1S/C17H21N3O2/c1-18-17(21)20(2)14-5-6-16-15(11-14)12(7-9-22-16)10-13-4-3-8-19-13/h4-6,8,11-12H,3,7,9-10H2,1-2H3,(H,18,21). The van der Waals surface area contributed by atoms with Gasteiger partial charge >= 0.3 is 6.03 Å². The van der Waals surface area contributed by atoms with Crippen molar-refractivity contribution in [1.29, 1.82) is 0 Å². The van der Waals surface area contributed by atoms with E-state index < -0.39 is 0 Å². The number of allylic oxidation sites excluding steroid dienone is 2. The van der Waals surface area contributed by atoms with Crippen molar-refractivity contribution >= 4 is 17.9 Å². The second-order valence-electron chi connectivity index (χ2n) is 5.62. The number of ether oxygens (including phenoxy) is 1. The third-order valence-corrected chi connectivity index (χ3v) is 4.23. The molecule has 1 N–H and O–H groups in total. The molecule has 5 nitrogen and oxygen atoms in total. The van der Waals surface area contributed by atoms with Gasteiger partial charge in [-0.3, -0.25) is 9.89 Å². The number of nitrogens with one attached hydrogen (secondary N) is 1. The van der Waals surface area contributed by atoms with Crippen LogP contribution in [-0.2, 0) is 0 Å². The fourth-order valence-electron chi connectivity index (χ4n) is 2.96. The normalized spacial score (nSPS) is 19.2. The Morgan fingerprint density at radius 1 is 1.50 bits per heavy atom. The summed E-state index contributed by atoms with van der Waals surface area (Å²) in [5.41, 5.74) is 3.20. The van der Waals surface area contributed by atoms with Crippen molar-refractivity contribution in [3.8, 4) is 5.75 Å². The van der Waals surface area contributed by atoms with Gasteiger partial charge < -0.3 is 10.1 Å². The highest BCUT2D eigenvalue weighted by Gasteiger charge is 2.24. The molecule has 0 saturated carbocycles. The van der Waals surface area contributed by atoms with Crippen LogP contribution in [0.3, 0.4) is 0 Å². The maximum atomic E-state index is 11.8. The van der Waals surface area contributed by atoms with E-state index in [1.54, 1.807) is 19.0 Å². The first-order valence-corrected chi connectivity index (χ1v) is 7.63. The third-order valence-electron chi connectivity index (χ3n) is 4.23. The van der Waals surface area contributed by atoms with Gasteiger partial charge in [-0.25, -0.2) is 4.79 Å². The number of carbonyl (C=O) groups is 1. The Balaban J connectivity index is 1.87. The van der Waals surface area contributed by atoms with Crippen molar-refractivity contribution in [2.45, 2.75) is 25.2 Å². The number of nitrogens with zero attached hydrogens (tertiary/aromatic N) is 2. The first kappa shape index (κ1) is 14.6. The van der Waals surface area contributed by atoms with Crippen molar-refractivity contribution in [1.82, 2.24) is 5.32 Å². The average Bonchev–Trinajstić information content (AvgIpc) is 3.06. The predicted molar refractivity (Wildman–Crippen MR) is 88.0 cm³/mol. The minimum atomic E-state index is -0.128. The predicted octanol–water partition coefficient (Wildman–Crippen LogP) is 3.08. The first-order valence-electron chi connectivity index (χ1n) is 7.63. The molecule has 5 heteroatoms. The maximum Gasteiger partial charge on any atom is 0.321 e. The van der Waals surface area contributed by atoms with E-state index in [1.807, 2.05) is 18.3 Å². The second-order valence-corrected chi connectivity index (χ2v) is 5.62. The van der Waals surface area contributed by atoms with E-state index in [2.05, 4.69) is 22.5 Å². The van der Waals surface area contributed by atoms with Crippen LogP contribution in [0.15, 0.2) is 35.0 Å². The zero-order chi connectivity index (χ0) is 15.5. The van der Waals surface area contributed by atoms with Crippen molar-refractivity contribution < 1.29 is 9.53 Å². The molecule has 22 heavy (non-hydrogen) atoms. The molecule has 116 valence electrons. The number of fused-ring (bicyclic) bond motifs is 1. The third kappa shape index (κ3) is 2.84. The molecule has 3 rings (SSSR count). The van der Waals surface area contributed by atoms with Crippen LogP contribution in [0.2, 0.25) is 0 Å². The average molecular weight is 299 g/mol. The number of urea groups is 1. The Labute approximate surface area is 130 Å². The molecule has 1 aromatic rings. The molecule has 0 saturated heterocycles. The second kappa shape index (κ2) is 6.22. The van der Waals surface area contributed by atoms with Crippen LogP contribution in [0.1, 0.15) is 30.7 Å². The fourth-order valence-corrected chi connectivity index (χ4v) is 2.96. The lowest BCUT2D eigenvalue weighted by molar-refractivity contribution is 0.249. The van der Waals surface area contributed by atoms with Crippen molar-refractivity contribution in [3.63, 3.8) is 0 Å². The number of carbonyl (C=O) groups excluding carboxylic acids is 1. The van der Waals surface area contributed by atoms with Crippen molar-refractivity contribution in [3.05, 3.63) is 35.5 Å². The van der Waals surface area contributed by atoms with Crippen LogP contribution < -0.4 is 15.0 Å². The summed E-state index contributed by atoms with van der Waals surface area (Å²) in [7, 11) is 3.40. The zero-order valence-corrected chi connectivity index (χ0v) is 13.0. The van der Waals surface area contributed by atoms with E-state index in [-0.39, 0.29) is 6.03 Å². The topological polar surface area (TPSA) is 53.9 Å². The number of rotatable bonds is 3. The smallest absolute Gasteiger partial charge is 0.321 e. The summed E-state index contributed by atoms with van der Waals surface area (Å²) in [4.78, 5) is 17.8. The lowest BCUT2D eigenvalue weighted by Gasteiger charge is -2.27. The van der Waals surface area contributed by atoms with Crippen LogP contribution in [-0.4, -0.2) is 32.9 Å². The van der Waals surface area contributed by atoms with E-state index in [1.165, 1.54) is 5.56 Å². The Morgan fingerprint density at radius 3 is 3.09 bits per heavy atom. The quantitative estimate of drug-likeness (QED) is 0.932. The van der Waals surface area contributed by atoms with Gasteiger partial charge in [-0.1, -0.05) is 6.08 Å². The molecule has 0 aliphatic carbocycles. The largest absolute Gasteiger partial charge is 0.493 e. The summed E-state index contributed by atoms with van der Waals surface area (Å²) >= 11 is 0. The van der Waals surface area contributed by atoms with E-state index in [9.17, 15) is 4.79 Å². The highest BCUT2D eigenvalue weighted by Crippen LogP contribution is 2.40. The molecule has 1 aromatic carbocycles. The van der Waals surface area contributed by atoms with Gasteiger partial charge in [0.15, 0.2) is 0 Å². The number of amides is 2. The van der Waals surface area contributed by atoms with Crippen molar-refractivity contribution in [2.24, 2.45) is 4.99 Å². The van der Waals surface area contributed by atoms with E-state index >= 15 is 0 Å². The zero-order valence-electron chi connectivity index (χ0n) is 13.0. The SMILES string of the molecule is CNC(=O)N(C)c1ccc2c(c1)C(CC1=CCC=N1)CCO2. The molecular weight excluding hydrogens is 278 g/mol. The molecular formula is C17H21N3O2. The lowest BCUT2D eigenvalue weighted by atomic mass is 9.88. The highest BCUT2D eigenvalue weighted by molar-refractivity contribution is 5.91. The molecule has 0 radical (unpaired) electrons. The molecule has 0 aromatic heterocycles. The number of anilines is 1. The molecule has 2 heterocycles. The minimum Gasteiger partial charge on any atom is -0.493 e.